The molecule has 3 aromatic rings. The third kappa shape index (κ3) is 4.89. The Hall–Kier alpha value is -3.46. The maximum atomic E-state index is 14.8. The van der Waals surface area contributed by atoms with Crippen molar-refractivity contribution < 1.29 is 23.0 Å². The van der Waals surface area contributed by atoms with Crippen molar-refractivity contribution in [1.82, 2.24) is 9.97 Å². The van der Waals surface area contributed by atoms with Crippen molar-refractivity contribution in [2.24, 2.45) is 5.73 Å². The van der Waals surface area contributed by atoms with Gasteiger partial charge in [-0.25, -0.2) is 13.8 Å². The number of nitrogens with one attached hydrogen (secondary N) is 1. The quantitative estimate of drug-likeness (QED) is 0.468. The molecule has 0 saturated heterocycles. The molecule has 3 N–H and O–H groups in total. The number of ether oxygens (including phenoxy) is 2. The summed E-state index contributed by atoms with van der Waals surface area (Å²) in [6.07, 6.45) is 1.59. The molecule has 1 amide bonds. The van der Waals surface area contributed by atoms with E-state index in [2.05, 4.69) is 15.3 Å². The summed E-state index contributed by atoms with van der Waals surface area (Å²) >= 11 is 6.33. The predicted molar refractivity (Wildman–Crippen MR) is 127 cm³/mol. The number of nitrogens with zero attached hydrogens (tertiary/aromatic N) is 2. The van der Waals surface area contributed by atoms with E-state index in [4.69, 9.17) is 26.8 Å². The Balaban J connectivity index is 0.00000158. The molecule has 1 aliphatic heterocycles. The van der Waals surface area contributed by atoms with E-state index in [0.29, 0.717) is 17.1 Å². The van der Waals surface area contributed by atoms with Crippen molar-refractivity contribution in [2.45, 2.75) is 33.6 Å². The van der Waals surface area contributed by atoms with Crippen LogP contribution in [0.4, 0.5) is 20.3 Å². The summed E-state index contributed by atoms with van der Waals surface area (Å²) in [4.78, 5) is 20.9. The van der Waals surface area contributed by atoms with Gasteiger partial charge in [0.1, 0.15) is 36.3 Å². The highest BCUT2D eigenvalue weighted by atomic mass is 35.5. The second-order valence-electron chi connectivity index (χ2n) is 7.36. The number of nitrogens with two attached hydrogens (primary N) is 1. The number of hydrogen-bond acceptors (Lipinski definition) is 6. The molecule has 0 atom stereocenters. The summed E-state index contributed by atoms with van der Waals surface area (Å²) in [5, 5.41) is 2.96. The molecule has 3 heterocycles. The average Bonchev–Trinajstić information content (AvgIpc) is 2.81. The van der Waals surface area contributed by atoms with Crippen molar-refractivity contribution in [2.75, 3.05) is 18.5 Å². The van der Waals surface area contributed by atoms with E-state index < -0.39 is 17.5 Å². The van der Waals surface area contributed by atoms with Crippen LogP contribution in [-0.2, 0) is 0 Å². The molecule has 1 aliphatic rings. The Morgan fingerprint density at radius 1 is 1.15 bits per heavy atom. The lowest BCUT2D eigenvalue weighted by Gasteiger charge is -2.21. The Morgan fingerprint density at radius 3 is 2.50 bits per heavy atom. The average molecular weight is 491 g/mol. The zero-order valence-electron chi connectivity index (χ0n) is 19.2. The molecule has 2 aromatic heterocycles. The number of pyridine rings is 2. The SMILES string of the molecule is CC.CC(C)c1nccc2c1Nc1nc(c(Cl)cc1C(N)=O)-c1c(F)ccc(F)c1OCCO2. The second kappa shape index (κ2) is 10.6. The van der Waals surface area contributed by atoms with Crippen LogP contribution in [0.2, 0.25) is 5.02 Å². The van der Waals surface area contributed by atoms with Crippen molar-refractivity contribution >= 4 is 29.0 Å². The molecule has 34 heavy (non-hydrogen) atoms. The second-order valence-corrected chi connectivity index (χ2v) is 7.77. The van der Waals surface area contributed by atoms with Crippen molar-refractivity contribution in [3.63, 3.8) is 0 Å². The Morgan fingerprint density at radius 2 is 1.82 bits per heavy atom. The van der Waals surface area contributed by atoms with E-state index >= 15 is 0 Å². The molecule has 1 aromatic carbocycles. The van der Waals surface area contributed by atoms with Gasteiger partial charge < -0.3 is 20.5 Å². The predicted octanol–water partition coefficient (Wildman–Crippen LogP) is 5.84. The topological polar surface area (TPSA) is 99.4 Å². The lowest BCUT2D eigenvalue weighted by molar-refractivity contribution is 0.100. The molecule has 2 bridgehead atoms. The van der Waals surface area contributed by atoms with Gasteiger partial charge in [0, 0.05) is 12.3 Å². The van der Waals surface area contributed by atoms with Gasteiger partial charge in [-0.15, -0.1) is 0 Å². The van der Waals surface area contributed by atoms with Gasteiger partial charge in [-0.1, -0.05) is 39.3 Å². The van der Waals surface area contributed by atoms with Gasteiger partial charge >= 0.3 is 0 Å². The Bertz CT molecular complexity index is 1220. The van der Waals surface area contributed by atoms with Crippen LogP contribution in [0.1, 0.15) is 49.7 Å². The summed E-state index contributed by atoms with van der Waals surface area (Å²) < 4.78 is 40.7. The third-order valence-electron chi connectivity index (χ3n) is 4.86. The minimum Gasteiger partial charge on any atom is -0.488 e. The highest BCUT2D eigenvalue weighted by Gasteiger charge is 2.26. The van der Waals surface area contributed by atoms with Crippen LogP contribution in [0, 0.1) is 11.6 Å². The Kier molecular flexibility index (Phi) is 7.88. The van der Waals surface area contributed by atoms with Gasteiger partial charge in [-0.2, -0.15) is 0 Å². The van der Waals surface area contributed by atoms with Crippen LogP contribution >= 0.6 is 11.6 Å². The summed E-state index contributed by atoms with van der Waals surface area (Å²) in [5.41, 5.74) is 6.22. The number of halogens is 3. The van der Waals surface area contributed by atoms with E-state index in [-0.39, 0.29) is 52.5 Å². The maximum absolute atomic E-state index is 14.8. The van der Waals surface area contributed by atoms with Crippen molar-refractivity contribution in [3.05, 3.63) is 58.4 Å². The first-order chi connectivity index (χ1) is 16.3. The first-order valence-electron chi connectivity index (χ1n) is 10.8. The molecule has 4 rings (SSSR count). The highest BCUT2D eigenvalue weighted by Crippen LogP contribution is 2.41. The minimum atomic E-state index is -0.811. The van der Waals surface area contributed by atoms with E-state index in [0.717, 1.165) is 12.1 Å². The van der Waals surface area contributed by atoms with Gasteiger partial charge in [0.25, 0.3) is 5.91 Å². The van der Waals surface area contributed by atoms with Gasteiger partial charge in [0.15, 0.2) is 11.6 Å². The van der Waals surface area contributed by atoms with Crippen LogP contribution in [0.25, 0.3) is 11.3 Å². The molecule has 0 unspecified atom stereocenters. The number of benzene rings is 1. The number of hydrogen-bond donors (Lipinski definition) is 2. The first-order valence-corrected chi connectivity index (χ1v) is 11.2. The van der Waals surface area contributed by atoms with Crippen LogP contribution < -0.4 is 20.5 Å². The number of carbonyl (C=O) groups excluding carboxylic acids is 1. The van der Waals surface area contributed by atoms with E-state index in [1.165, 1.54) is 6.07 Å². The number of carbonyl (C=O) groups is 1. The molecule has 7 nitrogen and oxygen atoms in total. The third-order valence-corrected chi connectivity index (χ3v) is 5.14. The molecular formula is C24H25ClF2N4O3. The summed E-state index contributed by atoms with van der Waals surface area (Å²) in [5.74, 6) is -2.36. The zero-order chi connectivity index (χ0) is 25.0. The van der Waals surface area contributed by atoms with Crippen LogP contribution in [-0.4, -0.2) is 29.1 Å². The standard InChI is InChI=1S/C22H19ClF2N4O3.C2H6/c1-10(2)17-19-15(5-6-27-17)31-7-8-32-20-14(25)4-3-13(24)16(20)18-12(23)9-11(21(26)30)22(28-18)29-19;1-2/h3-6,9-10H,7-8H2,1-2H3,(H2,26,30)(H,28,29);1-2H3. The number of aromatic nitrogens is 2. The van der Waals surface area contributed by atoms with E-state index in [9.17, 15) is 13.6 Å². The van der Waals surface area contributed by atoms with Gasteiger partial charge in [0.2, 0.25) is 0 Å². The number of rotatable bonds is 2. The fourth-order valence-electron chi connectivity index (χ4n) is 3.40. The molecule has 10 heteroatoms. The monoisotopic (exact) mass is 490 g/mol. The lowest BCUT2D eigenvalue weighted by atomic mass is 10.1. The normalized spacial score (nSPS) is 12.4. The first kappa shape index (κ1) is 25.2. The van der Waals surface area contributed by atoms with Crippen molar-refractivity contribution in [3.8, 4) is 22.8 Å². The van der Waals surface area contributed by atoms with Crippen LogP contribution in [0.5, 0.6) is 11.5 Å². The molecule has 180 valence electrons. The molecule has 0 aliphatic carbocycles. The smallest absolute Gasteiger partial charge is 0.252 e. The summed E-state index contributed by atoms with van der Waals surface area (Å²) in [6.45, 7) is 7.83. The summed E-state index contributed by atoms with van der Waals surface area (Å²) in [6, 6.07) is 4.78. The number of anilines is 2. The molecule has 0 saturated carbocycles. The number of fused-ring (bicyclic) bond motifs is 5. The van der Waals surface area contributed by atoms with Gasteiger partial charge in [-0.3, -0.25) is 9.78 Å². The van der Waals surface area contributed by atoms with E-state index in [1.807, 2.05) is 27.7 Å². The summed E-state index contributed by atoms with van der Waals surface area (Å²) in [7, 11) is 0. The largest absolute Gasteiger partial charge is 0.488 e. The van der Waals surface area contributed by atoms with Gasteiger partial charge in [-0.05, 0) is 24.1 Å². The zero-order valence-corrected chi connectivity index (χ0v) is 20.0. The minimum absolute atomic E-state index is 0.00756. The lowest BCUT2D eigenvalue weighted by Crippen LogP contribution is -2.17. The van der Waals surface area contributed by atoms with Crippen LogP contribution in [0.3, 0.4) is 0 Å². The number of amides is 1. The Labute approximate surface area is 201 Å². The van der Waals surface area contributed by atoms with E-state index in [1.54, 1.807) is 12.3 Å². The van der Waals surface area contributed by atoms with Crippen LogP contribution in [0.15, 0.2) is 30.5 Å². The molecular weight excluding hydrogens is 466 g/mol. The maximum Gasteiger partial charge on any atom is 0.252 e. The highest BCUT2D eigenvalue weighted by molar-refractivity contribution is 6.33. The molecule has 0 radical (unpaired) electrons. The molecule has 0 spiro atoms. The van der Waals surface area contributed by atoms with Crippen molar-refractivity contribution in [1.29, 1.82) is 0 Å². The fourth-order valence-corrected chi connectivity index (χ4v) is 3.64. The fraction of sp³-hybridized carbons (Fsp3) is 0.292. The molecule has 0 fully saturated rings. The number of primary amides is 1. The van der Waals surface area contributed by atoms with Gasteiger partial charge in [0.05, 0.1) is 27.5 Å².